The van der Waals surface area contributed by atoms with Gasteiger partial charge in [0.1, 0.15) is 5.15 Å². The number of nitrogens with one attached hydrogen (secondary N) is 1. The molecule has 0 unspecified atom stereocenters. The van der Waals surface area contributed by atoms with E-state index in [4.69, 9.17) is 28.3 Å². The molecule has 0 atom stereocenters. The number of amides is 1. The molecule has 1 aliphatic rings. The second kappa shape index (κ2) is 4.80. The lowest BCUT2D eigenvalue weighted by molar-refractivity contribution is 0.0935. The molecule has 1 fully saturated rings. The maximum absolute atomic E-state index is 11.8. The molecular formula is C11H12Cl2N2O2. The van der Waals surface area contributed by atoms with Crippen LogP contribution in [0.5, 0.6) is 0 Å². The van der Waals surface area contributed by atoms with Crippen molar-refractivity contribution in [1.29, 1.82) is 0 Å². The summed E-state index contributed by atoms with van der Waals surface area (Å²) in [5.74, 6) is -0.293. The Morgan fingerprint density at radius 2 is 2.24 bits per heavy atom. The lowest BCUT2D eigenvalue weighted by atomic mass is 10.1. The van der Waals surface area contributed by atoms with Gasteiger partial charge in [0.2, 0.25) is 0 Å². The Balaban J connectivity index is 2.02. The van der Waals surface area contributed by atoms with Gasteiger partial charge in [-0.25, -0.2) is 4.98 Å². The molecule has 2 N–H and O–H groups in total. The summed E-state index contributed by atoms with van der Waals surface area (Å²) in [5.41, 5.74) is 0.180. The van der Waals surface area contributed by atoms with Crippen LogP contribution >= 0.6 is 23.2 Å². The van der Waals surface area contributed by atoms with E-state index in [0.29, 0.717) is 12.1 Å². The second-order valence-corrected chi connectivity index (χ2v) is 5.12. The number of carbonyl (C=O) groups excluding carboxylic acids is 1. The van der Waals surface area contributed by atoms with Gasteiger partial charge in [0.15, 0.2) is 0 Å². The molecule has 0 aliphatic heterocycles. The van der Waals surface area contributed by atoms with E-state index in [1.165, 1.54) is 12.3 Å². The fourth-order valence-corrected chi connectivity index (χ4v) is 1.86. The Labute approximate surface area is 109 Å². The summed E-state index contributed by atoms with van der Waals surface area (Å²) in [4.78, 5) is 15.6. The molecule has 1 aliphatic carbocycles. The topological polar surface area (TPSA) is 62.2 Å². The maximum atomic E-state index is 11.8. The van der Waals surface area contributed by atoms with E-state index in [2.05, 4.69) is 10.3 Å². The normalized spacial score (nSPS) is 16.6. The molecule has 4 nitrogen and oxygen atoms in total. The number of carbonyl (C=O) groups is 1. The van der Waals surface area contributed by atoms with Crippen molar-refractivity contribution in [3.8, 4) is 0 Å². The summed E-state index contributed by atoms with van der Waals surface area (Å²) >= 11 is 11.6. The molecule has 0 bridgehead atoms. The van der Waals surface area contributed by atoms with Gasteiger partial charge in [-0.15, -0.1) is 0 Å². The van der Waals surface area contributed by atoms with Crippen molar-refractivity contribution >= 4 is 29.1 Å². The van der Waals surface area contributed by atoms with E-state index in [1.54, 1.807) is 0 Å². The minimum absolute atomic E-state index is 0.0954. The molecule has 1 aromatic rings. The van der Waals surface area contributed by atoms with Crippen LogP contribution in [-0.4, -0.2) is 29.1 Å². The minimum atomic E-state index is -0.293. The molecule has 6 heteroatoms. The summed E-state index contributed by atoms with van der Waals surface area (Å²) in [6, 6.07) is 1.43. The fraction of sp³-hybridized carbons (Fsp3) is 0.455. The monoisotopic (exact) mass is 274 g/mol. The smallest absolute Gasteiger partial charge is 0.252 e. The molecule has 2 rings (SSSR count). The number of aromatic nitrogens is 1. The molecule has 92 valence electrons. The van der Waals surface area contributed by atoms with Gasteiger partial charge in [-0.1, -0.05) is 23.2 Å². The zero-order valence-electron chi connectivity index (χ0n) is 9.04. The summed E-state index contributed by atoms with van der Waals surface area (Å²) in [6.07, 6.45) is 3.22. The number of aliphatic hydroxyl groups excluding tert-OH is 1. The first-order valence-corrected chi connectivity index (χ1v) is 6.02. The maximum Gasteiger partial charge on any atom is 0.252 e. The highest BCUT2D eigenvalue weighted by molar-refractivity contribution is 6.35. The van der Waals surface area contributed by atoms with Crippen LogP contribution in [0.4, 0.5) is 0 Å². The first-order valence-electron chi connectivity index (χ1n) is 5.26. The van der Waals surface area contributed by atoms with Gasteiger partial charge < -0.3 is 10.4 Å². The number of nitrogens with zero attached hydrogens (tertiary/aromatic N) is 1. The minimum Gasteiger partial charge on any atom is -0.396 e. The van der Waals surface area contributed by atoms with Crippen molar-refractivity contribution in [2.45, 2.75) is 12.8 Å². The molecule has 0 aromatic carbocycles. The van der Waals surface area contributed by atoms with Crippen LogP contribution in [0.25, 0.3) is 0 Å². The zero-order chi connectivity index (χ0) is 12.5. The van der Waals surface area contributed by atoms with Crippen LogP contribution < -0.4 is 5.32 Å². The molecule has 1 heterocycles. The summed E-state index contributed by atoms with van der Waals surface area (Å²) < 4.78 is 0. The molecule has 0 spiro atoms. The molecule has 0 saturated heterocycles. The van der Waals surface area contributed by atoms with E-state index in [9.17, 15) is 4.79 Å². The number of hydrogen-bond acceptors (Lipinski definition) is 3. The average Bonchev–Trinajstić information content (AvgIpc) is 3.10. The molecule has 17 heavy (non-hydrogen) atoms. The molecular weight excluding hydrogens is 263 g/mol. The molecule has 1 aromatic heterocycles. The summed E-state index contributed by atoms with van der Waals surface area (Å²) in [6.45, 7) is 0.552. The third-order valence-corrected chi connectivity index (χ3v) is 3.49. The van der Waals surface area contributed by atoms with Gasteiger partial charge in [0, 0.05) is 18.2 Å². The Kier molecular flexibility index (Phi) is 3.56. The SMILES string of the molecule is O=C(NCC1(CO)CC1)c1cc(Cl)ncc1Cl. The van der Waals surface area contributed by atoms with Gasteiger partial charge in [0.05, 0.1) is 17.2 Å². The highest BCUT2D eigenvalue weighted by Crippen LogP contribution is 2.44. The Morgan fingerprint density at radius 3 is 2.82 bits per heavy atom. The average molecular weight is 275 g/mol. The molecule has 0 radical (unpaired) electrons. The number of rotatable bonds is 4. The van der Waals surface area contributed by atoms with Crippen molar-refractivity contribution < 1.29 is 9.90 Å². The Bertz CT molecular complexity index is 447. The van der Waals surface area contributed by atoms with E-state index < -0.39 is 0 Å². The van der Waals surface area contributed by atoms with Crippen molar-refractivity contribution in [3.63, 3.8) is 0 Å². The number of hydrogen-bond donors (Lipinski definition) is 2. The third kappa shape index (κ3) is 2.89. The summed E-state index contributed by atoms with van der Waals surface area (Å²) in [5, 5.41) is 12.4. The highest BCUT2D eigenvalue weighted by atomic mass is 35.5. The van der Waals surface area contributed by atoms with Crippen molar-refractivity contribution in [3.05, 3.63) is 28.0 Å². The first-order chi connectivity index (χ1) is 8.06. The van der Waals surface area contributed by atoms with Gasteiger partial charge in [-0.05, 0) is 18.9 Å². The predicted octanol–water partition coefficient (Wildman–Crippen LogP) is 1.89. The number of aliphatic hydroxyl groups is 1. The van der Waals surface area contributed by atoms with Crippen molar-refractivity contribution in [1.82, 2.24) is 10.3 Å². The van der Waals surface area contributed by atoms with Gasteiger partial charge >= 0.3 is 0 Å². The van der Waals surface area contributed by atoms with E-state index >= 15 is 0 Å². The van der Waals surface area contributed by atoms with Crippen LogP contribution in [0.2, 0.25) is 10.2 Å². The number of halogens is 2. The van der Waals surface area contributed by atoms with Crippen LogP contribution in [0.15, 0.2) is 12.3 Å². The van der Waals surface area contributed by atoms with Gasteiger partial charge in [0.25, 0.3) is 5.91 Å². The van der Waals surface area contributed by atoms with Crippen molar-refractivity contribution in [2.75, 3.05) is 13.2 Å². The van der Waals surface area contributed by atoms with E-state index in [0.717, 1.165) is 12.8 Å². The second-order valence-electron chi connectivity index (χ2n) is 4.33. The van der Waals surface area contributed by atoms with E-state index in [1.807, 2.05) is 0 Å². The lowest BCUT2D eigenvalue weighted by Crippen LogP contribution is -2.32. The fourth-order valence-electron chi connectivity index (χ4n) is 1.52. The standard InChI is InChI=1S/C11H12Cl2N2O2/c12-8-4-14-9(13)3-7(8)10(17)15-5-11(6-16)1-2-11/h3-4,16H,1-2,5-6H2,(H,15,17). The lowest BCUT2D eigenvalue weighted by Gasteiger charge is -2.13. The number of pyridine rings is 1. The van der Waals surface area contributed by atoms with Gasteiger partial charge in [-0.2, -0.15) is 0 Å². The quantitative estimate of drug-likeness (QED) is 0.825. The largest absolute Gasteiger partial charge is 0.396 e. The Morgan fingerprint density at radius 1 is 1.53 bits per heavy atom. The van der Waals surface area contributed by atoms with Crippen LogP contribution in [0, 0.1) is 5.41 Å². The Hall–Kier alpha value is -0.840. The molecule has 1 amide bonds. The first kappa shape index (κ1) is 12.6. The van der Waals surface area contributed by atoms with Crippen molar-refractivity contribution in [2.24, 2.45) is 5.41 Å². The van der Waals surface area contributed by atoms with Crippen LogP contribution in [-0.2, 0) is 0 Å². The van der Waals surface area contributed by atoms with Crippen LogP contribution in [0.1, 0.15) is 23.2 Å². The van der Waals surface area contributed by atoms with Gasteiger partial charge in [-0.3, -0.25) is 4.79 Å². The van der Waals surface area contributed by atoms with E-state index in [-0.39, 0.29) is 28.1 Å². The third-order valence-electron chi connectivity index (χ3n) is 2.98. The zero-order valence-corrected chi connectivity index (χ0v) is 10.6. The predicted molar refractivity (Wildman–Crippen MR) is 65.3 cm³/mol. The van der Waals surface area contributed by atoms with Crippen LogP contribution in [0.3, 0.4) is 0 Å². The summed E-state index contributed by atoms with van der Waals surface area (Å²) in [7, 11) is 0. The molecule has 1 saturated carbocycles. The highest BCUT2D eigenvalue weighted by Gasteiger charge is 2.42.